The van der Waals surface area contributed by atoms with Crippen LogP contribution >= 0.6 is 0 Å². The number of ether oxygens (including phenoxy) is 1. The lowest BCUT2D eigenvalue weighted by Crippen LogP contribution is -2.45. The zero-order valence-electron chi connectivity index (χ0n) is 15.3. The first kappa shape index (κ1) is 17.5. The minimum atomic E-state index is -0.390. The molecule has 134 valence electrons. The van der Waals surface area contributed by atoms with Gasteiger partial charge in [-0.05, 0) is 31.4 Å². The molecule has 0 saturated carbocycles. The van der Waals surface area contributed by atoms with Gasteiger partial charge in [0.15, 0.2) is 0 Å². The van der Waals surface area contributed by atoms with Gasteiger partial charge in [0.2, 0.25) is 0 Å². The molecule has 1 N–H and O–H groups in total. The molecule has 1 aromatic carbocycles. The number of hydrogen-bond donors (Lipinski definition) is 1. The number of nitrogens with zero attached hydrogens (tertiary/aromatic N) is 2. The molecule has 0 saturated heterocycles. The van der Waals surface area contributed by atoms with Crippen LogP contribution in [0, 0.1) is 13.8 Å². The number of likely N-dealkylation sites (N-methyl/N-ethyl adjacent to an activating group) is 1. The van der Waals surface area contributed by atoms with E-state index in [0.29, 0.717) is 25.3 Å². The Morgan fingerprint density at radius 3 is 2.72 bits per heavy atom. The topological polar surface area (TPSA) is 61.9 Å². The van der Waals surface area contributed by atoms with Gasteiger partial charge in [-0.2, -0.15) is 0 Å². The number of nitrogens with one attached hydrogen (secondary N) is 1. The number of carbonyl (C=O) groups is 2. The van der Waals surface area contributed by atoms with Gasteiger partial charge in [0, 0.05) is 27.3 Å². The molecule has 0 fully saturated rings. The highest BCUT2D eigenvalue weighted by Crippen LogP contribution is 2.36. The van der Waals surface area contributed by atoms with Crippen molar-refractivity contribution in [3.63, 3.8) is 0 Å². The van der Waals surface area contributed by atoms with Crippen molar-refractivity contribution in [2.24, 2.45) is 0 Å². The minimum absolute atomic E-state index is 0.00271. The van der Waals surface area contributed by atoms with Crippen LogP contribution in [0.5, 0.6) is 0 Å². The number of methoxy groups -OCH3 is 1. The van der Waals surface area contributed by atoms with E-state index in [1.807, 2.05) is 26.0 Å². The highest BCUT2D eigenvalue weighted by Gasteiger charge is 2.42. The number of aryl methyl sites for hydroxylation is 2. The van der Waals surface area contributed by atoms with Crippen molar-refractivity contribution in [3.05, 3.63) is 46.2 Å². The molecule has 1 atom stereocenters. The molecule has 3 amide bonds. The van der Waals surface area contributed by atoms with Crippen LogP contribution in [-0.4, -0.2) is 55.6 Å². The summed E-state index contributed by atoms with van der Waals surface area (Å²) in [6.45, 7) is 5.77. The average molecular weight is 343 g/mol. The minimum Gasteiger partial charge on any atom is -0.385 e. The Morgan fingerprint density at radius 1 is 1.28 bits per heavy atom. The van der Waals surface area contributed by atoms with E-state index >= 15 is 0 Å². The normalized spacial score (nSPS) is 20.2. The fourth-order valence-electron chi connectivity index (χ4n) is 3.59. The molecule has 2 aliphatic rings. The van der Waals surface area contributed by atoms with E-state index in [0.717, 1.165) is 28.8 Å². The molecule has 6 nitrogen and oxygen atoms in total. The first-order chi connectivity index (χ1) is 11.9. The van der Waals surface area contributed by atoms with Crippen LogP contribution in [-0.2, 0) is 9.53 Å². The van der Waals surface area contributed by atoms with Crippen LogP contribution in [0.4, 0.5) is 4.79 Å². The number of urea groups is 1. The summed E-state index contributed by atoms with van der Waals surface area (Å²) in [4.78, 5) is 28.8. The molecule has 0 aliphatic carbocycles. The van der Waals surface area contributed by atoms with Crippen molar-refractivity contribution in [1.29, 1.82) is 0 Å². The monoisotopic (exact) mass is 343 g/mol. The van der Waals surface area contributed by atoms with Crippen molar-refractivity contribution in [3.8, 4) is 0 Å². The number of carbonyl (C=O) groups excluding carboxylic acids is 2. The molecule has 0 aromatic heterocycles. The molecule has 0 unspecified atom stereocenters. The van der Waals surface area contributed by atoms with E-state index in [4.69, 9.17) is 4.74 Å². The summed E-state index contributed by atoms with van der Waals surface area (Å²) in [5, 5.41) is 2.99. The lowest BCUT2D eigenvalue weighted by molar-refractivity contribution is -0.125. The Labute approximate surface area is 148 Å². The Morgan fingerprint density at radius 2 is 2.04 bits per heavy atom. The highest BCUT2D eigenvalue weighted by atomic mass is 16.5. The third-order valence-electron chi connectivity index (χ3n) is 4.95. The summed E-state index contributed by atoms with van der Waals surface area (Å²) in [6, 6.07) is 5.54. The molecule has 0 bridgehead atoms. The summed E-state index contributed by atoms with van der Waals surface area (Å²) in [6.07, 6.45) is 0.780. The molecule has 0 radical (unpaired) electrons. The van der Waals surface area contributed by atoms with Crippen LogP contribution < -0.4 is 5.32 Å². The maximum Gasteiger partial charge on any atom is 0.322 e. The summed E-state index contributed by atoms with van der Waals surface area (Å²) >= 11 is 0. The van der Waals surface area contributed by atoms with Gasteiger partial charge < -0.3 is 15.0 Å². The number of benzene rings is 1. The van der Waals surface area contributed by atoms with Gasteiger partial charge in [-0.15, -0.1) is 0 Å². The van der Waals surface area contributed by atoms with E-state index in [-0.39, 0.29) is 18.0 Å². The molecule has 25 heavy (non-hydrogen) atoms. The van der Waals surface area contributed by atoms with Gasteiger partial charge in [-0.1, -0.05) is 23.8 Å². The van der Waals surface area contributed by atoms with Gasteiger partial charge >= 0.3 is 6.03 Å². The van der Waals surface area contributed by atoms with Crippen molar-refractivity contribution < 1.29 is 14.3 Å². The lowest BCUT2D eigenvalue weighted by atomic mass is 9.91. The maximum absolute atomic E-state index is 13.0. The SMILES string of the molecule is COCCCN1CC2=C(C1=O)[C@@H](c1ccc(C)cc1C)NC(=O)N2C. The molecular weight excluding hydrogens is 318 g/mol. The summed E-state index contributed by atoms with van der Waals surface area (Å²) in [5.74, 6) is 0.00271. The first-order valence-electron chi connectivity index (χ1n) is 8.56. The molecule has 2 aliphatic heterocycles. The zero-order chi connectivity index (χ0) is 18.1. The molecule has 2 heterocycles. The molecule has 1 aromatic rings. The fraction of sp³-hybridized carbons (Fsp3) is 0.474. The second-order valence-electron chi connectivity index (χ2n) is 6.73. The lowest BCUT2D eigenvalue weighted by Gasteiger charge is -2.31. The second-order valence-corrected chi connectivity index (χ2v) is 6.73. The number of amides is 3. The molecule has 3 rings (SSSR count). The van der Waals surface area contributed by atoms with Crippen LogP contribution in [0.2, 0.25) is 0 Å². The van der Waals surface area contributed by atoms with Crippen molar-refractivity contribution >= 4 is 11.9 Å². The van der Waals surface area contributed by atoms with E-state index in [1.165, 1.54) is 0 Å². The Bertz CT molecular complexity index is 741. The van der Waals surface area contributed by atoms with Gasteiger partial charge in [-0.3, -0.25) is 9.69 Å². The summed E-state index contributed by atoms with van der Waals surface area (Å²) < 4.78 is 5.08. The van der Waals surface area contributed by atoms with Gasteiger partial charge in [-0.25, -0.2) is 4.79 Å². The second kappa shape index (κ2) is 6.88. The van der Waals surface area contributed by atoms with Crippen LogP contribution in [0.15, 0.2) is 29.5 Å². The van der Waals surface area contributed by atoms with E-state index in [9.17, 15) is 9.59 Å². The predicted molar refractivity (Wildman–Crippen MR) is 95.1 cm³/mol. The molecular formula is C19H25N3O3. The fourth-order valence-corrected chi connectivity index (χ4v) is 3.59. The van der Waals surface area contributed by atoms with Crippen LogP contribution in [0.3, 0.4) is 0 Å². The van der Waals surface area contributed by atoms with Gasteiger partial charge in [0.1, 0.15) is 0 Å². The van der Waals surface area contributed by atoms with Crippen molar-refractivity contribution in [2.75, 3.05) is 33.9 Å². The summed E-state index contributed by atoms with van der Waals surface area (Å²) in [7, 11) is 3.37. The van der Waals surface area contributed by atoms with Crippen LogP contribution in [0.1, 0.15) is 29.2 Å². The summed E-state index contributed by atoms with van der Waals surface area (Å²) in [5.41, 5.74) is 4.70. The zero-order valence-corrected chi connectivity index (χ0v) is 15.3. The third-order valence-corrected chi connectivity index (χ3v) is 4.95. The van der Waals surface area contributed by atoms with Crippen LogP contribution in [0.25, 0.3) is 0 Å². The van der Waals surface area contributed by atoms with E-state index < -0.39 is 0 Å². The van der Waals surface area contributed by atoms with Crippen molar-refractivity contribution in [2.45, 2.75) is 26.3 Å². The maximum atomic E-state index is 13.0. The third kappa shape index (κ3) is 3.14. The smallest absolute Gasteiger partial charge is 0.322 e. The van der Waals surface area contributed by atoms with Gasteiger partial charge in [0.05, 0.1) is 23.9 Å². The van der Waals surface area contributed by atoms with Crippen molar-refractivity contribution in [1.82, 2.24) is 15.1 Å². The highest BCUT2D eigenvalue weighted by molar-refractivity contribution is 6.01. The quantitative estimate of drug-likeness (QED) is 0.833. The number of rotatable bonds is 5. The first-order valence-corrected chi connectivity index (χ1v) is 8.56. The molecule has 6 heteroatoms. The molecule has 0 spiro atoms. The Balaban J connectivity index is 1.94. The van der Waals surface area contributed by atoms with Gasteiger partial charge in [0.25, 0.3) is 5.91 Å². The Kier molecular flexibility index (Phi) is 4.81. The van der Waals surface area contributed by atoms with E-state index in [2.05, 4.69) is 11.4 Å². The predicted octanol–water partition coefficient (Wildman–Crippen LogP) is 2.13. The largest absolute Gasteiger partial charge is 0.385 e. The van der Waals surface area contributed by atoms with E-state index in [1.54, 1.807) is 24.0 Å². The number of hydrogen-bond acceptors (Lipinski definition) is 3. The standard InChI is InChI=1S/C19H25N3O3/c1-12-6-7-14(13(2)10-12)17-16-15(21(3)19(24)20-17)11-22(18(16)23)8-5-9-25-4/h6-7,10,17H,5,8-9,11H2,1-4H3,(H,20,24)/t17-/m1/s1. The Hall–Kier alpha value is -2.34. The average Bonchev–Trinajstić information content (AvgIpc) is 2.89.